The van der Waals surface area contributed by atoms with Crippen molar-refractivity contribution in [2.24, 2.45) is 5.92 Å². The number of hydrogen-bond donors (Lipinski definition) is 1. The SMILES string of the molecule is O=C(O)CCC1CCCN(C(=O)CCc2cccc(Cl)c2)C1. The molecule has 4 nitrogen and oxygen atoms in total. The van der Waals surface area contributed by atoms with Crippen LogP contribution in [0.5, 0.6) is 0 Å². The molecular weight excluding hydrogens is 302 g/mol. The monoisotopic (exact) mass is 323 g/mol. The van der Waals surface area contributed by atoms with E-state index in [0.717, 1.165) is 24.9 Å². The van der Waals surface area contributed by atoms with E-state index >= 15 is 0 Å². The molecule has 1 atom stereocenters. The number of aliphatic carboxylic acids is 1. The largest absolute Gasteiger partial charge is 0.481 e. The Hall–Kier alpha value is -1.55. The fraction of sp³-hybridized carbons (Fsp3) is 0.529. The molecule has 1 aromatic rings. The summed E-state index contributed by atoms with van der Waals surface area (Å²) in [5.41, 5.74) is 1.07. The minimum absolute atomic E-state index is 0.153. The lowest BCUT2D eigenvalue weighted by Crippen LogP contribution is -2.40. The highest BCUT2D eigenvalue weighted by Crippen LogP contribution is 2.22. The summed E-state index contributed by atoms with van der Waals surface area (Å²) in [6.07, 6.45) is 4.00. The van der Waals surface area contributed by atoms with Crippen LogP contribution in [0.2, 0.25) is 5.02 Å². The van der Waals surface area contributed by atoms with Crippen LogP contribution in [-0.4, -0.2) is 35.0 Å². The fourth-order valence-corrected chi connectivity index (χ4v) is 3.17. The lowest BCUT2D eigenvalue weighted by Gasteiger charge is -2.32. The van der Waals surface area contributed by atoms with Gasteiger partial charge in [0.2, 0.25) is 5.91 Å². The van der Waals surface area contributed by atoms with E-state index in [-0.39, 0.29) is 12.3 Å². The van der Waals surface area contributed by atoms with Crippen LogP contribution >= 0.6 is 11.6 Å². The summed E-state index contributed by atoms with van der Waals surface area (Å²) >= 11 is 5.94. The number of carbonyl (C=O) groups is 2. The normalized spacial score (nSPS) is 18.2. The average molecular weight is 324 g/mol. The lowest BCUT2D eigenvalue weighted by atomic mass is 9.93. The molecule has 1 aromatic carbocycles. The Bertz CT molecular complexity index is 532. The number of hydrogen-bond acceptors (Lipinski definition) is 2. The second kappa shape index (κ2) is 8.18. The molecule has 0 spiro atoms. The van der Waals surface area contributed by atoms with E-state index in [2.05, 4.69) is 0 Å². The van der Waals surface area contributed by atoms with Crippen molar-refractivity contribution >= 4 is 23.5 Å². The molecule has 0 saturated carbocycles. The third kappa shape index (κ3) is 5.34. The number of carboxylic acids is 1. The van der Waals surface area contributed by atoms with Crippen molar-refractivity contribution < 1.29 is 14.7 Å². The predicted octanol–water partition coefficient (Wildman–Crippen LogP) is 3.38. The Morgan fingerprint density at radius 2 is 2.14 bits per heavy atom. The number of halogens is 1. The number of carboxylic acid groups (broad SMARTS) is 1. The fourth-order valence-electron chi connectivity index (χ4n) is 2.96. The third-order valence-electron chi connectivity index (χ3n) is 4.15. The van der Waals surface area contributed by atoms with Crippen molar-refractivity contribution in [2.75, 3.05) is 13.1 Å². The number of piperidine rings is 1. The first-order valence-electron chi connectivity index (χ1n) is 7.78. The summed E-state index contributed by atoms with van der Waals surface area (Å²) < 4.78 is 0. The maximum atomic E-state index is 12.3. The summed E-state index contributed by atoms with van der Waals surface area (Å²) in [4.78, 5) is 24.9. The van der Waals surface area contributed by atoms with Crippen molar-refractivity contribution in [3.05, 3.63) is 34.9 Å². The molecule has 0 radical (unpaired) electrons. The molecule has 22 heavy (non-hydrogen) atoms. The van der Waals surface area contributed by atoms with Crippen LogP contribution in [0, 0.1) is 5.92 Å². The first-order valence-corrected chi connectivity index (χ1v) is 8.16. The van der Waals surface area contributed by atoms with Gasteiger partial charge in [-0.25, -0.2) is 0 Å². The van der Waals surface area contributed by atoms with Crippen LogP contribution in [0.4, 0.5) is 0 Å². The van der Waals surface area contributed by atoms with Crippen molar-refractivity contribution in [3.8, 4) is 0 Å². The van der Waals surface area contributed by atoms with Gasteiger partial charge in [0.05, 0.1) is 0 Å². The molecule has 1 heterocycles. The van der Waals surface area contributed by atoms with E-state index in [1.165, 1.54) is 0 Å². The molecule has 1 aliphatic heterocycles. The quantitative estimate of drug-likeness (QED) is 0.873. The van der Waals surface area contributed by atoms with Gasteiger partial charge in [0.25, 0.3) is 0 Å². The van der Waals surface area contributed by atoms with Gasteiger partial charge < -0.3 is 10.0 Å². The van der Waals surface area contributed by atoms with Crippen LogP contribution < -0.4 is 0 Å². The second-order valence-electron chi connectivity index (χ2n) is 5.91. The zero-order valence-electron chi connectivity index (χ0n) is 12.6. The maximum absolute atomic E-state index is 12.3. The number of benzene rings is 1. The highest BCUT2D eigenvalue weighted by Gasteiger charge is 2.23. The molecule has 5 heteroatoms. The number of aryl methyl sites for hydroxylation is 1. The van der Waals surface area contributed by atoms with E-state index < -0.39 is 5.97 Å². The molecule has 1 saturated heterocycles. The van der Waals surface area contributed by atoms with Gasteiger partial charge in [-0.1, -0.05) is 23.7 Å². The number of amides is 1. The van der Waals surface area contributed by atoms with E-state index in [4.69, 9.17) is 16.7 Å². The summed E-state index contributed by atoms with van der Waals surface area (Å²) in [7, 11) is 0. The summed E-state index contributed by atoms with van der Waals surface area (Å²) in [6.45, 7) is 1.49. The second-order valence-corrected chi connectivity index (χ2v) is 6.35. The number of carbonyl (C=O) groups excluding carboxylic acids is 1. The molecule has 2 rings (SSSR count). The first-order chi connectivity index (χ1) is 10.5. The van der Waals surface area contributed by atoms with Gasteiger partial charge in [0.1, 0.15) is 0 Å². The van der Waals surface area contributed by atoms with Crippen molar-refractivity contribution in [2.45, 2.75) is 38.5 Å². The molecule has 0 bridgehead atoms. The topological polar surface area (TPSA) is 57.6 Å². The zero-order chi connectivity index (χ0) is 15.9. The Balaban J connectivity index is 1.80. The Kier molecular flexibility index (Phi) is 6.25. The van der Waals surface area contributed by atoms with E-state index in [1.54, 1.807) is 0 Å². The maximum Gasteiger partial charge on any atom is 0.303 e. The molecule has 1 N–H and O–H groups in total. The van der Waals surface area contributed by atoms with Gasteiger partial charge in [-0.3, -0.25) is 9.59 Å². The number of nitrogens with zero attached hydrogens (tertiary/aromatic N) is 1. The number of rotatable bonds is 6. The molecule has 1 unspecified atom stereocenters. The van der Waals surface area contributed by atoms with Crippen molar-refractivity contribution in [1.82, 2.24) is 4.90 Å². The lowest BCUT2D eigenvalue weighted by molar-refractivity contribution is -0.137. The smallest absolute Gasteiger partial charge is 0.303 e. The summed E-state index contributed by atoms with van der Waals surface area (Å²) in [5, 5.41) is 9.45. The van der Waals surface area contributed by atoms with Gasteiger partial charge in [0, 0.05) is 31.0 Å². The molecule has 1 aliphatic rings. The molecular formula is C17H22ClNO3. The van der Waals surface area contributed by atoms with Crippen LogP contribution in [0.1, 0.15) is 37.7 Å². The first kappa shape index (κ1) is 16.8. The Morgan fingerprint density at radius 1 is 1.32 bits per heavy atom. The van der Waals surface area contributed by atoms with Crippen molar-refractivity contribution in [3.63, 3.8) is 0 Å². The summed E-state index contributed by atoms with van der Waals surface area (Å²) in [5.74, 6) is -0.288. The molecule has 0 aliphatic carbocycles. The van der Waals surface area contributed by atoms with Crippen LogP contribution in [0.3, 0.4) is 0 Å². The minimum atomic E-state index is -0.760. The number of likely N-dealkylation sites (tertiary alicyclic amines) is 1. The van der Waals surface area contributed by atoms with Crippen LogP contribution in [0.25, 0.3) is 0 Å². The van der Waals surface area contributed by atoms with Gasteiger partial charge in [-0.2, -0.15) is 0 Å². The van der Waals surface area contributed by atoms with E-state index in [9.17, 15) is 9.59 Å². The zero-order valence-corrected chi connectivity index (χ0v) is 13.4. The minimum Gasteiger partial charge on any atom is -0.481 e. The van der Waals surface area contributed by atoms with Crippen LogP contribution in [-0.2, 0) is 16.0 Å². The average Bonchev–Trinajstić information content (AvgIpc) is 2.51. The van der Waals surface area contributed by atoms with E-state index in [0.29, 0.717) is 36.7 Å². The Labute approximate surface area is 136 Å². The standard InChI is InChI=1S/C17H22ClNO3/c18-15-5-1-3-13(11-15)6-8-16(20)19-10-2-4-14(12-19)7-9-17(21)22/h1,3,5,11,14H,2,4,6-10,12H2,(H,21,22). The summed E-state index contributed by atoms with van der Waals surface area (Å²) in [6, 6.07) is 7.58. The van der Waals surface area contributed by atoms with Gasteiger partial charge in [-0.15, -0.1) is 0 Å². The molecule has 0 aromatic heterocycles. The molecule has 1 amide bonds. The Morgan fingerprint density at radius 3 is 2.86 bits per heavy atom. The van der Waals surface area contributed by atoms with Gasteiger partial charge in [0.15, 0.2) is 0 Å². The molecule has 120 valence electrons. The van der Waals surface area contributed by atoms with Gasteiger partial charge >= 0.3 is 5.97 Å². The highest BCUT2D eigenvalue weighted by atomic mass is 35.5. The highest BCUT2D eigenvalue weighted by molar-refractivity contribution is 6.30. The van der Waals surface area contributed by atoms with Crippen LogP contribution in [0.15, 0.2) is 24.3 Å². The van der Waals surface area contributed by atoms with Crippen molar-refractivity contribution in [1.29, 1.82) is 0 Å². The molecule has 1 fully saturated rings. The predicted molar refractivity (Wildman–Crippen MR) is 85.9 cm³/mol. The van der Waals surface area contributed by atoms with Gasteiger partial charge in [-0.05, 0) is 49.3 Å². The van der Waals surface area contributed by atoms with E-state index in [1.807, 2.05) is 29.2 Å². The third-order valence-corrected chi connectivity index (χ3v) is 4.39.